The van der Waals surface area contributed by atoms with Gasteiger partial charge in [0, 0.05) is 0 Å². The fraction of sp³-hybridized carbons (Fsp3) is 0.524. The maximum Gasteiger partial charge on any atom is 0.119 e. The average Bonchev–Trinajstić information content (AvgIpc) is 2.99. The number of aryl methyl sites for hydroxylation is 2. The first kappa shape index (κ1) is 36.4. The molecule has 0 saturated carbocycles. The number of unbranched alkanes of at least 4 members (excludes halogenated alkanes) is 5. The van der Waals surface area contributed by atoms with Gasteiger partial charge in [0.2, 0.25) is 0 Å². The monoisotopic (exact) mass is 582 g/mol. The minimum absolute atomic E-state index is 0.321. The summed E-state index contributed by atoms with van der Waals surface area (Å²) in [5.74, 6) is 1.60. The third-order valence-corrected chi connectivity index (χ3v) is 8.57. The first-order chi connectivity index (χ1) is 20.7. The van der Waals surface area contributed by atoms with Gasteiger partial charge in [0.25, 0.3) is 0 Å². The van der Waals surface area contributed by atoms with E-state index < -0.39 is 0 Å². The van der Waals surface area contributed by atoms with Gasteiger partial charge >= 0.3 is 0 Å². The van der Waals surface area contributed by atoms with Crippen molar-refractivity contribution in [2.75, 3.05) is 6.61 Å². The molecule has 0 heterocycles. The van der Waals surface area contributed by atoms with E-state index in [-0.39, 0.29) is 0 Å². The fourth-order valence-electron chi connectivity index (χ4n) is 5.94. The van der Waals surface area contributed by atoms with Crippen molar-refractivity contribution >= 4 is 11.6 Å². The third kappa shape index (κ3) is 13.6. The van der Waals surface area contributed by atoms with Crippen LogP contribution >= 0.6 is 0 Å². The van der Waals surface area contributed by atoms with Crippen LogP contribution in [0.5, 0.6) is 5.75 Å². The van der Waals surface area contributed by atoms with E-state index in [0.717, 1.165) is 50.0 Å². The van der Waals surface area contributed by atoms with Crippen molar-refractivity contribution in [1.29, 1.82) is 0 Å². The van der Waals surface area contributed by atoms with Crippen molar-refractivity contribution in [2.45, 2.75) is 125 Å². The summed E-state index contributed by atoms with van der Waals surface area (Å²) in [5.41, 5.74) is 8.11. The lowest BCUT2D eigenvalue weighted by Crippen LogP contribution is -2.22. The Kier molecular flexibility index (Phi) is 17.1. The van der Waals surface area contributed by atoms with E-state index in [1.54, 1.807) is 0 Å². The largest absolute Gasteiger partial charge is 0.494 e. The SMILES string of the molecule is C=C/C(=C\c1ccc(OCCC/C=C/CCCCC(=C)C(CCC)C(C)(C)C)cc1CC)c1ccc(CCCCC)cc1. The lowest BCUT2D eigenvalue weighted by atomic mass is 9.73. The zero-order chi connectivity index (χ0) is 31.5. The molecule has 1 atom stereocenters. The van der Waals surface area contributed by atoms with Crippen LogP contribution in [-0.2, 0) is 12.8 Å². The molecule has 1 unspecified atom stereocenters. The van der Waals surface area contributed by atoms with Gasteiger partial charge in [0.05, 0.1) is 6.61 Å². The Balaban J connectivity index is 1.77. The second-order valence-corrected chi connectivity index (χ2v) is 13.2. The highest BCUT2D eigenvalue weighted by atomic mass is 16.5. The molecule has 0 aliphatic rings. The highest BCUT2D eigenvalue weighted by Gasteiger charge is 2.25. The Bertz CT molecular complexity index is 1140. The van der Waals surface area contributed by atoms with Crippen LogP contribution in [0.1, 0.15) is 134 Å². The predicted molar refractivity (Wildman–Crippen MR) is 193 cm³/mol. The molecule has 0 radical (unpaired) electrons. The van der Waals surface area contributed by atoms with Gasteiger partial charge in [0.1, 0.15) is 5.75 Å². The molecular weight excluding hydrogens is 520 g/mol. The molecule has 43 heavy (non-hydrogen) atoms. The van der Waals surface area contributed by atoms with Crippen LogP contribution in [-0.4, -0.2) is 6.61 Å². The molecular formula is C42H62O. The van der Waals surface area contributed by atoms with Crippen LogP contribution in [0.4, 0.5) is 0 Å². The van der Waals surface area contributed by atoms with Crippen molar-refractivity contribution in [2.24, 2.45) is 11.3 Å². The van der Waals surface area contributed by atoms with Crippen LogP contribution in [0, 0.1) is 11.3 Å². The van der Waals surface area contributed by atoms with E-state index in [2.05, 4.69) is 115 Å². The van der Waals surface area contributed by atoms with Gasteiger partial charge < -0.3 is 4.74 Å². The molecule has 0 amide bonds. The highest BCUT2D eigenvalue weighted by molar-refractivity contribution is 5.87. The Morgan fingerprint density at radius 3 is 2.21 bits per heavy atom. The van der Waals surface area contributed by atoms with E-state index in [1.165, 1.54) is 79.2 Å². The van der Waals surface area contributed by atoms with Gasteiger partial charge in [-0.25, -0.2) is 0 Å². The second kappa shape index (κ2) is 20.2. The average molecular weight is 583 g/mol. The van der Waals surface area contributed by atoms with E-state index in [1.807, 2.05) is 6.08 Å². The summed E-state index contributed by atoms with van der Waals surface area (Å²) in [6, 6.07) is 15.5. The lowest BCUT2D eigenvalue weighted by molar-refractivity contribution is 0.257. The second-order valence-electron chi connectivity index (χ2n) is 13.2. The van der Waals surface area contributed by atoms with E-state index in [9.17, 15) is 0 Å². The number of hydrogen-bond acceptors (Lipinski definition) is 1. The number of ether oxygens (including phenoxy) is 1. The van der Waals surface area contributed by atoms with Crippen LogP contribution in [0.3, 0.4) is 0 Å². The Morgan fingerprint density at radius 1 is 0.860 bits per heavy atom. The summed E-state index contributed by atoms with van der Waals surface area (Å²) in [5, 5.41) is 0. The van der Waals surface area contributed by atoms with Crippen LogP contribution in [0.2, 0.25) is 0 Å². The molecule has 1 heteroatoms. The summed E-state index contributed by atoms with van der Waals surface area (Å²) in [6.07, 6.45) is 24.3. The molecule has 0 saturated heterocycles. The van der Waals surface area contributed by atoms with Gasteiger partial charge in [-0.2, -0.15) is 0 Å². The quantitative estimate of drug-likeness (QED) is 0.0615. The maximum atomic E-state index is 6.13. The molecule has 0 N–H and O–H groups in total. The van der Waals surface area contributed by atoms with E-state index >= 15 is 0 Å². The number of rotatable bonds is 21. The third-order valence-electron chi connectivity index (χ3n) is 8.57. The van der Waals surface area contributed by atoms with Gasteiger partial charge in [-0.1, -0.05) is 128 Å². The van der Waals surface area contributed by atoms with E-state index in [0.29, 0.717) is 11.3 Å². The zero-order valence-electron chi connectivity index (χ0n) is 28.7. The number of allylic oxidation sites excluding steroid dienone is 5. The molecule has 2 rings (SSSR count). The summed E-state index contributed by atoms with van der Waals surface area (Å²) in [4.78, 5) is 0. The summed E-state index contributed by atoms with van der Waals surface area (Å²) < 4.78 is 6.13. The van der Waals surface area contributed by atoms with Crippen LogP contribution in [0.25, 0.3) is 11.6 Å². The topological polar surface area (TPSA) is 9.23 Å². The van der Waals surface area contributed by atoms with Crippen molar-refractivity contribution in [1.82, 2.24) is 0 Å². The molecule has 0 aliphatic heterocycles. The van der Waals surface area contributed by atoms with Gasteiger partial charge in [0.15, 0.2) is 0 Å². The smallest absolute Gasteiger partial charge is 0.119 e. The molecule has 2 aromatic carbocycles. The zero-order valence-corrected chi connectivity index (χ0v) is 28.7. The van der Waals surface area contributed by atoms with Crippen molar-refractivity contribution < 1.29 is 4.74 Å². The molecule has 1 nitrogen and oxygen atoms in total. The summed E-state index contributed by atoms with van der Waals surface area (Å²) in [7, 11) is 0. The predicted octanol–water partition coefficient (Wildman–Crippen LogP) is 13.0. The van der Waals surface area contributed by atoms with Crippen LogP contribution < -0.4 is 4.74 Å². The molecule has 0 fully saturated rings. The minimum atomic E-state index is 0.321. The minimum Gasteiger partial charge on any atom is -0.494 e. The maximum absolute atomic E-state index is 6.13. The Morgan fingerprint density at radius 2 is 1.58 bits per heavy atom. The normalized spacial score (nSPS) is 12.9. The summed E-state index contributed by atoms with van der Waals surface area (Å²) in [6.45, 7) is 23.1. The Hall–Kier alpha value is -2.80. The standard InChI is InChI=1S/C42H62O/c1-9-13-19-24-35-25-27-38(28-26-35)36(11-3)32-39-29-30-40(33-37(39)12-4)43-31-21-18-16-14-15-17-20-23-34(5)41(22-10-2)42(6,7)8/h11,14,16,25-30,32-33,41H,3,5,9-10,12-13,15,17-24,31H2,1-2,4,6-8H3/b16-14+,36-32+. The molecule has 236 valence electrons. The lowest BCUT2D eigenvalue weighted by Gasteiger charge is -2.32. The van der Waals surface area contributed by atoms with Gasteiger partial charge in [-0.3, -0.25) is 0 Å². The molecule has 0 bridgehead atoms. The van der Waals surface area contributed by atoms with E-state index in [4.69, 9.17) is 4.74 Å². The fourth-order valence-corrected chi connectivity index (χ4v) is 5.94. The first-order valence-electron chi connectivity index (χ1n) is 17.2. The Labute approximate surface area is 266 Å². The molecule has 0 aliphatic carbocycles. The molecule has 0 aromatic heterocycles. The van der Waals surface area contributed by atoms with Gasteiger partial charge in [-0.15, -0.1) is 0 Å². The highest BCUT2D eigenvalue weighted by Crippen LogP contribution is 2.37. The van der Waals surface area contributed by atoms with Gasteiger partial charge in [-0.05, 0) is 122 Å². The number of hydrogen-bond donors (Lipinski definition) is 0. The molecule has 2 aromatic rings. The first-order valence-corrected chi connectivity index (χ1v) is 17.2. The van der Waals surface area contributed by atoms with Crippen LogP contribution in [0.15, 0.2) is 79.4 Å². The summed E-state index contributed by atoms with van der Waals surface area (Å²) >= 11 is 0. The van der Waals surface area contributed by atoms with Crippen molar-refractivity contribution in [3.63, 3.8) is 0 Å². The molecule has 0 spiro atoms. The van der Waals surface area contributed by atoms with Crippen molar-refractivity contribution in [3.8, 4) is 5.75 Å². The number of benzene rings is 2. The van der Waals surface area contributed by atoms with Crippen molar-refractivity contribution in [3.05, 3.63) is 102 Å².